The van der Waals surface area contributed by atoms with Crippen molar-refractivity contribution in [2.75, 3.05) is 14.1 Å². The quantitative estimate of drug-likeness (QED) is 0.490. The van der Waals surface area contributed by atoms with E-state index in [4.69, 9.17) is 0 Å². The van der Waals surface area contributed by atoms with Gasteiger partial charge in [0.25, 0.3) is 0 Å². The topological polar surface area (TPSA) is 41.1 Å². The summed E-state index contributed by atoms with van der Waals surface area (Å²) in [6, 6.07) is -0.187. The zero-order valence-electron chi connectivity index (χ0n) is 8.95. The average Bonchev–Trinajstić information content (AvgIpc) is 2.19. The molecule has 0 aromatic carbocycles. The van der Waals surface area contributed by atoms with Crippen LogP contribution in [0.1, 0.15) is 6.92 Å². The molecule has 0 aliphatic rings. The lowest BCUT2D eigenvalue weighted by Crippen LogP contribution is -2.27. The highest BCUT2D eigenvalue weighted by molar-refractivity contribution is 5.63. The van der Waals surface area contributed by atoms with E-state index in [0.717, 1.165) is 11.9 Å². The third kappa shape index (κ3) is 5.32. The Morgan fingerprint density at radius 2 is 1.93 bits per heavy atom. The van der Waals surface area contributed by atoms with Gasteiger partial charge in [0.1, 0.15) is 6.29 Å². The fraction of sp³-hybridized carbons (Fsp3) is 0.364. The van der Waals surface area contributed by atoms with Gasteiger partial charge in [-0.05, 0) is 31.8 Å². The highest BCUT2D eigenvalue weighted by Crippen LogP contribution is 1.98. The predicted octanol–water partition coefficient (Wildman–Crippen LogP) is 1.01. The molecule has 3 heteroatoms. The molecule has 1 atom stereocenters. The molecule has 78 valence electrons. The van der Waals surface area contributed by atoms with Gasteiger partial charge in [-0.15, -0.1) is 0 Å². The summed E-state index contributed by atoms with van der Waals surface area (Å²) < 4.78 is 0. The monoisotopic (exact) mass is 194 g/mol. The Labute approximate surface area is 85.6 Å². The van der Waals surface area contributed by atoms with Crippen LogP contribution in [-0.2, 0) is 4.79 Å². The summed E-state index contributed by atoms with van der Waals surface area (Å²) >= 11 is 0. The van der Waals surface area contributed by atoms with Crippen LogP contribution < -0.4 is 10.6 Å². The number of likely N-dealkylation sites (N-methyl/N-ethyl adjacent to an activating group) is 1. The third-order valence-electron chi connectivity index (χ3n) is 1.78. The van der Waals surface area contributed by atoms with Crippen molar-refractivity contribution in [3.8, 4) is 0 Å². The van der Waals surface area contributed by atoms with Crippen molar-refractivity contribution in [3.05, 3.63) is 36.1 Å². The van der Waals surface area contributed by atoms with Gasteiger partial charge < -0.3 is 15.4 Å². The van der Waals surface area contributed by atoms with Crippen LogP contribution in [0.15, 0.2) is 36.1 Å². The lowest BCUT2D eigenvalue weighted by atomic mass is 10.1. The molecule has 0 saturated carbocycles. The van der Waals surface area contributed by atoms with Crippen LogP contribution in [0.2, 0.25) is 0 Å². The third-order valence-corrected chi connectivity index (χ3v) is 1.78. The van der Waals surface area contributed by atoms with E-state index >= 15 is 0 Å². The van der Waals surface area contributed by atoms with E-state index in [9.17, 15) is 4.79 Å². The zero-order chi connectivity index (χ0) is 10.8. The first-order valence-electron chi connectivity index (χ1n) is 4.56. The van der Waals surface area contributed by atoms with Gasteiger partial charge in [0.15, 0.2) is 0 Å². The summed E-state index contributed by atoms with van der Waals surface area (Å²) in [5.74, 6) is 0. The number of carbonyl (C=O) groups excluding carboxylic acids is 1. The Kier molecular flexibility index (Phi) is 7.46. The molecule has 3 nitrogen and oxygen atoms in total. The molecule has 0 radical (unpaired) electrons. The normalized spacial score (nSPS) is 14.9. The van der Waals surface area contributed by atoms with Crippen molar-refractivity contribution < 1.29 is 4.79 Å². The first-order chi connectivity index (χ1) is 6.76. The minimum Gasteiger partial charge on any atom is -0.394 e. The van der Waals surface area contributed by atoms with Crippen molar-refractivity contribution in [1.29, 1.82) is 0 Å². The number of rotatable bonds is 6. The molecule has 1 unspecified atom stereocenters. The van der Waals surface area contributed by atoms with Crippen molar-refractivity contribution in [1.82, 2.24) is 10.6 Å². The van der Waals surface area contributed by atoms with Crippen LogP contribution in [0.25, 0.3) is 0 Å². The second kappa shape index (κ2) is 8.26. The van der Waals surface area contributed by atoms with E-state index in [1.807, 2.05) is 44.5 Å². The zero-order valence-corrected chi connectivity index (χ0v) is 8.95. The largest absolute Gasteiger partial charge is 0.394 e. The Balaban J connectivity index is 4.15. The Hall–Kier alpha value is -1.35. The van der Waals surface area contributed by atoms with Gasteiger partial charge in [-0.25, -0.2) is 0 Å². The second-order valence-electron chi connectivity index (χ2n) is 2.85. The van der Waals surface area contributed by atoms with Crippen molar-refractivity contribution in [3.63, 3.8) is 0 Å². The average molecular weight is 194 g/mol. The SMILES string of the molecule is CN/C=C/C=C\C=C(/C)C(C=O)NC. The van der Waals surface area contributed by atoms with Crippen molar-refractivity contribution in [2.45, 2.75) is 13.0 Å². The van der Waals surface area contributed by atoms with E-state index in [-0.39, 0.29) is 6.04 Å². The second-order valence-corrected chi connectivity index (χ2v) is 2.85. The van der Waals surface area contributed by atoms with E-state index in [0.29, 0.717) is 0 Å². The standard InChI is InChI=1S/C11H18N2O/c1-10(11(9-14)13-3)7-5-4-6-8-12-2/h4-9,11-13H,1-3H3/b5-4-,8-6+,10-7+. The summed E-state index contributed by atoms with van der Waals surface area (Å²) in [6.45, 7) is 1.92. The Morgan fingerprint density at radius 1 is 1.21 bits per heavy atom. The Morgan fingerprint density at radius 3 is 2.43 bits per heavy atom. The predicted molar refractivity (Wildman–Crippen MR) is 60.0 cm³/mol. The summed E-state index contributed by atoms with van der Waals surface area (Å²) in [6.07, 6.45) is 10.3. The fourth-order valence-electron chi connectivity index (χ4n) is 0.930. The molecule has 14 heavy (non-hydrogen) atoms. The van der Waals surface area contributed by atoms with E-state index in [1.165, 1.54) is 0 Å². The lowest BCUT2D eigenvalue weighted by Gasteiger charge is -2.07. The minimum absolute atomic E-state index is 0.187. The molecule has 0 spiro atoms. The van der Waals surface area contributed by atoms with Gasteiger partial charge in [0.2, 0.25) is 0 Å². The van der Waals surface area contributed by atoms with Gasteiger partial charge in [-0.1, -0.05) is 18.2 Å². The first-order valence-corrected chi connectivity index (χ1v) is 4.56. The van der Waals surface area contributed by atoms with Crippen LogP contribution in [0.4, 0.5) is 0 Å². The van der Waals surface area contributed by atoms with Crippen LogP contribution in [0.5, 0.6) is 0 Å². The van der Waals surface area contributed by atoms with Crippen LogP contribution in [-0.4, -0.2) is 26.4 Å². The molecule has 0 saturated heterocycles. The maximum Gasteiger partial charge on any atom is 0.141 e. The molecule has 0 aliphatic carbocycles. The molecule has 0 rings (SSSR count). The number of aldehydes is 1. The number of allylic oxidation sites excluding steroid dienone is 4. The molecule has 2 N–H and O–H groups in total. The molecular weight excluding hydrogens is 176 g/mol. The van der Waals surface area contributed by atoms with Gasteiger partial charge in [-0.2, -0.15) is 0 Å². The molecule has 0 amide bonds. The lowest BCUT2D eigenvalue weighted by molar-refractivity contribution is -0.108. The molecule has 0 fully saturated rings. The number of hydrogen-bond acceptors (Lipinski definition) is 3. The maximum absolute atomic E-state index is 10.6. The number of hydrogen-bond donors (Lipinski definition) is 2. The molecular formula is C11H18N2O. The van der Waals surface area contributed by atoms with E-state index in [1.54, 1.807) is 7.05 Å². The maximum atomic E-state index is 10.6. The molecule has 0 aromatic heterocycles. The van der Waals surface area contributed by atoms with Crippen LogP contribution in [0.3, 0.4) is 0 Å². The molecule has 0 aromatic rings. The molecule has 0 bridgehead atoms. The minimum atomic E-state index is -0.187. The van der Waals surface area contributed by atoms with E-state index in [2.05, 4.69) is 10.6 Å². The molecule has 0 aliphatic heterocycles. The van der Waals surface area contributed by atoms with Gasteiger partial charge >= 0.3 is 0 Å². The smallest absolute Gasteiger partial charge is 0.141 e. The van der Waals surface area contributed by atoms with Crippen LogP contribution >= 0.6 is 0 Å². The number of nitrogens with one attached hydrogen (secondary N) is 2. The summed E-state index contributed by atoms with van der Waals surface area (Å²) in [7, 11) is 3.61. The fourth-order valence-corrected chi connectivity index (χ4v) is 0.930. The van der Waals surface area contributed by atoms with Crippen molar-refractivity contribution >= 4 is 6.29 Å². The van der Waals surface area contributed by atoms with E-state index < -0.39 is 0 Å². The molecule has 0 heterocycles. The first kappa shape index (κ1) is 12.7. The van der Waals surface area contributed by atoms with Gasteiger partial charge in [0.05, 0.1) is 6.04 Å². The Bertz CT molecular complexity index is 242. The van der Waals surface area contributed by atoms with Crippen molar-refractivity contribution in [2.24, 2.45) is 0 Å². The van der Waals surface area contributed by atoms with Gasteiger partial charge in [-0.3, -0.25) is 0 Å². The summed E-state index contributed by atoms with van der Waals surface area (Å²) in [5.41, 5.74) is 0.997. The van der Waals surface area contributed by atoms with Gasteiger partial charge in [0, 0.05) is 7.05 Å². The summed E-state index contributed by atoms with van der Waals surface area (Å²) in [4.78, 5) is 10.6. The highest BCUT2D eigenvalue weighted by atomic mass is 16.1. The highest BCUT2D eigenvalue weighted by Gasteiger charge is 2.03. The van der Waals surface area contributed by atoms with Crippen LogP contribution in [0, 0.1) is 0 Å². The number of carbonyl (C=O) groups is 1. The summed E-state index contributed by atoms with van der Waals surface area (Å²) in [5, 5.41) is 5.78.